The quantitative estimate of drug-likeness (QED) is 0.713. The summed E-state index contributed by atoms with van der Waals surface area (Å²) in [5.74, 6) is -0.172. The van der Waals surface area contributed by atoms with E-state index < -0.39 is 0 Å². The molecule has 0 aliphatic rings. The average molecular weight is 346 g/mol. The lowest BCUT2D eigenvalue weighted by Crippen LogP contribution is -2.36. The van der Waals surface area contributed by atoms with Crippen LogP contribution in [-0.2, 0) is 6.42 Å². The lowest BCUT2D eigenvalue weighted by atomic mass is 9.99. The van der Waals surface area contributed by atoms with Gasteiger partial charge in [-0.3, -0.25) is 9.59 Å². The average Bonchev–Trinajstić information content (AvgIpc) is 2.69. The van der Waals surface area contributed by atoms with Crippen molar-refractivity contribution < 1.29 is 4.79 Å². The van der Waals surface area contributed by atoms with Gasteiger partial charge in [0.1, 0.15) is 0 Å². The Morgan fingerprint density at radius 2 is 1.65 bits per heavy atom. The summed E-state index contributed by atoms with van der Waals surface area (Å²) in [6.07, 6.45) is 3.04. The number of carbonyl (C=O) groups excluding carboxylic acids is 1. The summed E-state index contributed by atoms with van der Waals surface area (Å²) in [7, 11) is 0. The zero-order chi connectivity index (χ0) is 18.4. The Balaban J connectivity index is 1.65. The summed E-state index contributed by atoms with van der Waals surface area (Å²) < 4.78 is 0. The predicted octanol–water partition coefficient (Wildman–Crippen LogP) is 3.79. The second-order valence-electron chi connectivity index (χ2n) is 6.29. The van der Waals surface area contributed by atoms with Gasteiger partial charge in [-0.15, -0.1) is 0 Å². The van der Waals surface area contributed by atoms with Crippen LogP contribution in [0.3, 0.4) is 0 Å². The first-order chi connectivity index (χ1) is 12.7. The van der Waals surface area contributed by atoms with Gasteiger partial charge in [-0.1, -0.05) is 61.5 Å². The standard InChI is InChI=1S/C22H22N2O2/c1-2-20(24-22(26)19-12-13-21(25)23-15-19)14-16-8-10-18(11-9-16)17-6-4-3-5-7-17/h3-13,15,20H,2,14H2,1H3,(H,23,25)(H,24,26). The molecule has 0 saturated carbocycles. The van der Waals surface area contributed by atoms with E-state index in [1.165, 1.54) is 35.0 Å². The molecule has 1 amide bonds. The molecule has 4 heteroatoms. The number of pyridine rings is 1. The summed E-state index contributed by atoms with van der Waals surface area (Å²) in [4.78, 5) is 26.0. The van der Waals surface area contributed by atoms with Crippen molar-refractivity contribution in [3.63, 3.8) is 0 Å². The maximum atomic E-state index is 12.3. The van der Waals surface area contributed by atoms with Crippen LogP contribution in [0, 0.1) is 0 Å². The molecule has 0 radical (unpaired) electrons. The molecule has 0 bridgehead atoms. The van der Waals surface area contributed by atoms with Crippen LogP contribution in [0.1, 0.15) is 29.3 Å². The molecule has 1 heterocycles. The largest absolute Gasteiger partial charge is 0.349 e. The Hall–Kier alpha value is -3.14. The van der Waals surface area contributed by atoms with Crippen LogP contribution in [-0.4, -0.2) is 16.9 Å². The van der Waals surface area contributed by atoms with Gasteiger partial charge in [-0.05, 0) is 35.6 Å². The number of hydrogen-bond donors (Lipinski definition) is 2. The van der Waals surface area contributed by atoms with E-state index >= 15 is 0 Å². The van der Waals surface area contributed by atoms with Gasteiger partial charge >= 0.3 is 0 Å². The second kappa shape index (κ2) is 8.30. The molecule has 1 aromatic heterocycles. The number of aromatic nitrogens is 1. The zero-order valence-corrected chi connectivity index (χ0v) is 14.7. The molecule has 3 rings (SSSR count). The fourth-order valence-electron chi connectivity index (χ4n) is 2.87. The minimum absolute atomic E-state index is 0.0389. The number of nitrogens with one attached hydrogen (secondary N) is 2. The highest BCUT2D eigenvalue weighted by Crippen LogP contribution is 2.20. The van der Waals surface area contributed by atoms with Gasteiger partial charge in [-0.2, -0.15) is 0 Å². The third-order valence-corrected chi connectivity index (χ3v) is 4.42. The summed E-state index contributed by atoms with van der Waals surface area (Å²) >= 11 is 0. The van der Waals surface area contributed by atoms with Crippen LogP contribution in [0.2, 0.25) is 0 Å². The van der Waals surface area contributed by atoms with Gasteiger partial charge in [0.2, 0.25) is 5.56 Å². The molecule has 1 atom stereocenters. The Bertz CT molecular complexity index is 894. The summed E-state index contributed by atoms with van der Waals surface area (Å²) in [5.41, 5.74) is 3.80. The van der Waals surface area contributed by atoms with E-state index in [2.05, 4.69) is 53.6 Å². The van der Waals surface area contributed by atoms with Crippen LogP contribution in [0.25, 0.3) is 11.1 Å². The molecule has 0 fully saturated rings. The van der Waals surface area contributed by atoms with E-state index in [0.29, 0.717) is 5.56 Å². The van der Waals surface area contributed by atoms with Gasteiger partial charge in [0.05, 0.1) is 5.56 Å². The molecule has 2 N–H and O–H groups in total. The smallest absolute Gasteiger partial charge is 0.252 e. The van der Waals surface area contributed by atoms with Gasteiger partial charge in [0.25, 0.3) is 5.91 Å². The van der Waals surface area contributed by atoms with Gasteiger partial charge < -0.3 is 10.3 Å². The van der Waals surface area contributed by atoms with E-state index in [1.54, 1.807) is 0 Å². The number of carbonyl (C=O) groups is 1. The first-order valence-electron chi connectivity index (χ1n) is 8.79. The van der Waals surface area contributed by atoms with Crippen molar-refractivity contribution in [2.24, 2.45) is 0 Å². The molecule has 132 valence electrons. The lowest BCUT2D eigenvalue weighted by Gasteiger charge is -2.17. The third-order valence-electron chi connectivity index (χ3n) is 4.42. The lowest BCUT2D eigenvalue weighted by molar-refractivity contribution is 0.0935. The first-order valence-corrected chi connectivity index (χ1v) is 8.79. The second-order valence-corrected chi connectivity index (χ2v) is 6.29. The first kappa shape index (κ1) is 17.7. The topological polar surface area (TPSA) is 62.0 Å². The Kier molecular flexibility index (Phi) is 5.64. The Morgan fingerprint density at radius 3 is 2.27 bits per heavy atom. The molecule has 1 unspecified atom stereocenters. The van der Waals surface area contributed by atoms with Crippen LogP contribution >= 0.6 is 0 Å². The zero-order valence-electron chi connectivity index (χ0n) is 14.7. The molecule has 26 heavy (non-hydrogen) atoms. The van der Waals surface area contributed by atoms with Crippen molar-refractivity contribution in [1.82, 2.24) is 10.3 Å². The third kappa shape index (κ3) is 4.48. The highest BCUT2D eigenvalue weighted by Gasteiger charge is 2.13. The van der Waals surface area contributed by atoms with Gasteiger partial charge in [0.15, 0.2) is 0 Å². The molecular formula is C22H22N2O2. The minimum atomic E-state index is -0.216. The number of amides is 1. The molecule has 4 nitrogen and oxygen atoms in total. The Morgan fingerprint density at radius 1 is 0.962 bits per heavy atom. The van der Waals surface area contributed by atoms with E-state index in [9.17, 15) is 9.59 Å². The van der Waals surface area contributed by atoms with Crippen molar-refractivity contribution >= 4 is 5.91 Å². The Labute approximate surface area is 152 Å². The van der Waals surface area contributed by atoms with Crippen LogP contribution in [0.4, 0.5) is 0 Å². The summed E-state index contributed by atoms with van der Waals surface area (Å²) in [6, 6.07) is 21.6. The number of hydrogen-bond acceptors (Lipinski definition) is 2. The van der Waals surface area contributed by atoms with E-state index in [4.69, 9.17) is 0 Å². The SMILES string of the molecule is CCC(Cc1ccc(-c2ccccc2)cc1)NC(=O)c1ccc(=O)[nH]c1. The van der Waals surface area contributed by atoms with Crippen LogP contribution in [0.15, 0.2) is 77.7 Å². The molecule has 0 aliphatic heterocycles. The fourth-order valence-corrected chi connectivity index (χ4v) is 2.87. The van der Waals surface area contributed by atoms with E-state index in [-0.39, 0.29) is 17.5 Å². The van der Waals surface area contributed by atoms with Crippen molar-refractivity contribution in [2.45, 2.75) is 25.8 Å². The number of H-pyrrole nitrogens is 1. The molecular weight excluding hydrogens is 324 g/mol. The van der Waals surface area contributed by atoms with Crippen molar-refractivity contribution in [1.29, 1.82) is 0 Å². The molecule has 0 saturated heterocycles. The highest BCUT2D eigenvalue weighted by atomic mass is 16.2. The monoisotopic (exact) mass is 346 g/mol. The van der Waals surface area contributed by atoms with Gasteiger partial charge in [0, 0.05) is 18.3 Å². The van der Waals surface area contributed by atoms with Crippen molar-refractivity contribution in [3.05, 3.63) is 94.4 Å². The predicted molar refractivity (Wildman–Crippen MR) is 104 cm³/mol. The minimum Gasteiger partial charge on any atom is -0.349 e. The van der Waals surface area contributed by atoms with Crippen LogP contribution < -0.4 is 10.9 Å². The molecule has 0 aliphatic carbocycles. The van der Waals surface area contributed by atoms with E-state index in [0.717, 1.165) is 12.8 Å². The molecule has 0 spiro atoms. The maximum absolute atomic E-state index is 12.3. The van der Waals surface area contributed by atoms with Crippen LogP contribution in [0.5, 0.6) is 0 Å². The van der Waals surface area contributed by atoms with Crippen molar-refractivity contribution in [3.8, 4) is 11.1 Å². The maximum Gasteiger partial charge on any atom is 0.252 e. The molecule has 2 aromatic carbocycles. The normalized spacial score (nSPS) is 11.7. The molecule has 3 aromatic rings. The van der Waals surface area contributed by atoms with Crippen molar-refractivity contribution in [2.75, 3.05) is 0 Å². The summed E-state index contributed by atoms with van der Waals surface area (Å²) in [5, 5.41) is 3.04. The highest BCUT2D eigenvalue weighted by molar-refractivity contribution is 5.94. The number of rotatable bonds is 6. The van der Waals surface area contributed by atoms with E-state index in [1.807, 2.05) is 18.2 Å². The number of benzene rings is 2. The fraction of sp³-hybridized carbons (Fsp3) is 0.182. The number of aromatic amines is 1. The summed E-state index contributed by atoms with van der Waals surface area (Å²) in [6.45, 7) is 2.05. The van der Waals surface area contributed by atoms with Gasteiger partial charge in [-0.25, -0.2) is 0 Å².